The number of nitrogens with zero attached hydrogens (tertiary/aromatic N) is 2. The second-order valence-electron chi connectivity index (χ2n) is 4.10. The van der Waals surface area contributed by atoms with E-state index in [-0.39, 0.29) is 5.91 Å². The van der Waals surface area contributed by atoms with Gasteiger partial charge in [-0.25, -0.2) is 0 Å². The number of para-hydroxylation sites is 1. The highest BCUT2D eigenvalue weighted by Gasteiger charge is 2.08. The molecule has 0 aliphatic carbocycles. The Morgan fingerprint density at radius 1 is 1.37 bits per heavy atom. The van der Waals surface area contributed by atoms with Crippen molar-refractivity contribution in [3.63, 3.8) is 0 Å². The van der Waals surface area contributed by atoms with E-state index in [4.69, 9.17) is 11.6 Å². The Kier molecular flexibility index (Phi) is 4.02. The van der Waals surface area contributed by atoms with Crippen molar-refractivity contribution in [2.75, 3.05) is 5.32 Å². The van der Waals surface area contributed by atoms with Gasteiger partial charge in [0.25, 0.3) is 0 Å². The maximum Gasteiger partial charge on any atom is 0.248 e. The maximum absolute atomic E-state index is 11.7. The smallest absolute Gasteiger partial charge is 0.248 e. The second kappa shape index (κ2) is 5.71. The summed E-state index contributed by atoms with van der Waals surface area (Å²) in [5.74, 6) is -0.203. The van der Waals surface area contributed by atoms with E-state index in [0.29, 0.717) is 5.15 Å². The maximum atomic E-state index is 11.7. The number of carbonyl (C=O) groups is 1. The highest BCUT2D eigenvalue weighted by atomic mass is 35.5. The van der Waals surface area contributed by atoms with Crippen LogP contribution in [0.3, 0.4) is 0 Å². The molecule has 2 rings (SSSR count). The van der Waals surface area contributed by atoms with Gasteiger partial charge in [0.2, 0.25) is 5.91 Å². The molecule has 0 unspecified atom stereocenters. The van der Waals surface area contributed by atoms with E-state index in [1.807, 2.05) is 37.3 Å². The Bertz CT molecular complexity index is 617. The van der Waals surface area contributed by atoms with E-state index >= 15 is 0 Å². The fourth-order valence-corrected chi connectivity index (χ4v) is 1.94. The predicted octanol–water partition coefficient (Wildman–Crippen LogP) is 3.03. The lowest BCUT2D eigenvalue weighted by molar-refractivity contribution is -0.111. The number of nitrogens with one attached hydrogen (secondary N) is 1. The summed E-state index contributed by atoms with van der Waals surface area (Å²) < 4.78 is 1.58. The summed E-state index contributed by atoms with van der Waals surface area (Å²) >= 11 is 6.08. The molecular weight excluding hydrogens is 262 g/mol. The summed E-state index contributed by atoms with van der Waals surface area (Å²) in [5, 5.41) is 7.45. The van der Waals surface area contributed by atoms with Gasteiger partial charge in [-0.2, -0.15) is 5.10 Å². The van der Waals surface area contributed by atoms with Crippen molar-refractivity contribution in [1.82, 2.24) is 9.78 Å². The van der Waals surface area contributed by atoms with Gasteiger partial charge in [-0.05, 0) is 25.1 Å². The topological polar surface area (TPSA) is 46.9 Å². The molecule has 5 heteroatoms. The zero-order valence-electron chi connectivity index (χ0n) is 10.7. The zero-order valence-corrected chi connectivity index (χ0v) is 11.5. The highest BCUT2D eigenvalue weighted by Crippen LogP contribution is 2.20. The van der Waals surface area contributed by atoms with Crippen LogP contribution in [0.15, 0.2) is 36.4 Å². The third-order valence-corrected chi connectivity index (χ3v) is 3.09. The van der Waals surface area contributed by atoms with Gasteiger partial charge in [0, 0.05) is 24.4 Å². The molecule has 0 spiro atoms. The van der Waals surface area contributed by atoms with Crippen LogP contribution in [0, 0.1) is 6.92 Å². The minimum atomic E-state index is -0.203. The fourth-order valence-electron chi connectivity index (χ4n) is 1.70. The number of rotatable bonds is 3. The van der Waals surface area contributed by atoms with E-state index in [9.17, 15) is 4.79 Å². The second-order valence-corrected chi connectivity index (χ2v) is 4.46. The Hall–Kier alpha value is -2.07. The summed E-state index contributed by atoms with van der Waals surface area (Å²) in [6.45, 7) is 1.85. The van der Waals surface area contributed by atoms with E-state index in [2.05, 4.69) is 10.4 Å². The molecule has 0 atom stereocenters. The van der Waals surface area contributed by atoms with Crippen molar-refractivity contribution >= 4 is 29.3 Å². The molecule has 0 fully saturated rings. The minimum absolute atomic E-state index is 0.203. The first kappa shape index (κ1) is 13.4. The summed E-state index contributed by atoms with van der Waals surface area (Å²) in [7, 11) is 1.76. The average molecular weight is 276 g/mol. The van der Waals surface area contributed by atoms with Crippen LogP contribution in [0.2, 0.25) is 5.15 Å². The van der Waals surface area contributed by atoms with Crippen LogP contribution in [0.25, 0.3) is 6.08 Å². The molecule has 1 N–H and O–H groups in total. The van der Waals surface area contributed by atoms with Crippen LogP contribution in [0.5, 0.6) is 0 Å². The number of hydrogen-bond acceptors (Lipinski definition) is 2. The van der Waals surface area contributed by atoms with Gasteiger partial charge in [0.1, 0.15) is 5.15 Å². The van der Waals surface area contributed by atoms with Crippen LogP contribution >= 0.6 is 11.6 Å². The molecule has 0 saturated carbocycles. The first-order valence-electron chi connectivity index (χ1n) is 5.81. The van der Waals surface area contributed by atoms with Crippen LogP contribution in [-0.2, 0) is 11.8 Å². The Morgan fingerprint density at radius 2 is 2.05 bits per heavy atom. The average Bonchev–Trinajstić information content (AvgIpc) is 2.62. The summed E-state index contributed by atoms with van der Waals surface area (Å²) in [4.78, 5) is 11.7. The number of benzene rings is 1. The molecule has 0 saturated heterocycles. The van der Waals surface area contributed by atoms with Gasteiger partial charge in [0.05, 0.1) is 5.69 Å². The SMILES string of the molecule is Cc1nn(C)c(Cl)c1/C=C/C(=O)Nc1ccccc1. The normalized spacial score (nSPS) is 10.9. The van der Waals surface area contributed by atoms with Crippen LogP contribution in [-0.4, -0.2) is 15.7 Å². The van der Waals surface area contributed by atoms with Gasteiger partial charge in [-0.1, -0.05) is 29.8 Å². The molecule has 0 bridgehead atoms. The van der Waals surface area contributed by atoms with E-state index < -0.39 is 0 Å². The molecule has 1 aromatic carbocycles. The number of aryl methyl sites for hydroxylation is 2. The number of aromatic nitrogens is 2. The molecule has 0 radical (unpaired) electrons. The molecule has 2 aromatic rings. The number of hydrogen-bond donors (Lipinski definition) is 1. The predicted molar refractivity (Wildman–Crippen MR) is 77.1 cm³/mol. The number of amides is 1. The lowest BCUT2D eigenvalue weighted by Crippen LogP contribution is -2.07. The molecule has 1 amide bonds. The molecule has 1 heterocycles. The molecule has 19 heavy (non-hydrogen) atoms. The van der Waals surface area contributed by atoms with Crippen molar-refractivity contribution in [3.05, 3.63) is 52.8 Å². The number of anilines is 1. The van der Waals surface area contributed by atoms with Gasteiger partial charge >= 0.3 is 0 Å². The molecular formula is C14H14ClN3O. The van der Waals surface area contributed by atoms with Crippen molar-refractivity contribution in [2.24, 2.45) is 7.05 Å². The fraction of sp³-hybridized carbons (Fsp3) is 0.143. The number of carbonyl (C=O) groups excluding carboxylic acids is 1. The van der Waals surface area contributed by atoms with Crippen molar-refractivity contribution < 1.29 is 4.79 Å². The Balaban J connectivity index is 2.08. The van der Waals surface area contributed by atoms with Crippen LogP contribution < -0.4 is 5.32 Å². The molecule has 4 nitrogen and oxygen atoms in total. The quantitative estimate of drug-likeness (QED) is 0.875. The molecule has 0 aliphatic heterocycles. The van der Waals surface area contributed by atoms with Crippen LogP contribution in [0.1, 0.15) is 11.3 Å². The van der Waals surface area contributed by atoms with Gasteiger partial charge in [-0.3, -0.25) is 9.48 Å². The lowest BCUT2D eigenvalue weighted by Gasteiger charge is -2.00. The minimum Gasteiger partial charge on any atom is -0.323 e. The molecule has 98 valence electrons. The van der Waals surface area contributed by atoms with Crippen molar-refractivity contribution in [1.29, 1.82) is 0 Å². The third-order valence-electron chi connectivity index (χ3n) is 2.64. The first-order chi connectivity index (χ1) is 9.08. The van der Waals surface area contributed by atoms with Crippen LogP contribution in [0.4, 0.5) is 5.69 Å². The summed E-state index contributed by atoms with van der Waals surface area (Å²) in [5.41, 5.74) is 2.30. The van der Waals surface area contributed by atoms with Gasteiger partial charge < -0.3 is 5.32 Å². The largest absolute Gasteiger partial charge is 0.323 e. The van der Waals surface area contributed by atoms with E-state index in [1.165, 1.54) is 6.08 Å². The summed E-state index contributed by atoms with van der Waals surface area (Å²) in [6, 6.07) is 9.27. The Morgan fingerprint density at radius 3 is 2.63 bits per heavy atom. The van der Waals surface area contributed by atoms with Crippen molar-refractivity contribution in [3.8, 4) is 0 Å². The highest BCUT2D eigenvalue weighted by molar-refractivity contribution is 6.31. The van der Waals surface area contributed by atoms with Crippen molar-refractivity contribution in [2.45, 2.75) is 6.92 Å². The van der Waals surface area contributed by atoms with Gasteiger partial charge in [0.15, 0.2) is 0 Å². The third kappa shape index (κ3) is 3.23. The molecule has 0 aliphatic rings. The monoisotopic (exact) mass is 275 g/mol. The zero-order chi connectivity index (χ0) is 13.8. The van der Waals surface area contributed by atoms with E-state index in [0.717, 1.165) is 16.9 Å². The summed E-state index contributed by atoms with van der Waals surface area (Å²) in [6.07, 6.45) is 3.12. The standard InChI is InChI=1S/C14H14ClN3O/c1-10-12(14(15)18(2)17-10)8-9-13(19)16-11-6-4-3-5-7-11/h3-9H,1-2H3,(H,16,19)/b9-8+. The Labute approximate surface area is 116 Å². The first-order valence-corrected chi connectivity index (χ1v) is 6.19. The molecule has 1 aromatic heterocycles. The lowest BCUT2D eigenvalue weighted by atomic mass is 10.2. The van der Waals surface area contributed by atoms with Gasteiger partial charge in [-0.15, -0.1) is 0 Å². The number of halogens is 1. The van der Waals surface area contributed by atoms with E-state index in [1.54, 1.807) is 17.8 Å².